The Morgan fingerprint density at radius 2 is 1.93 bits per heavy atom. The van der Waals surface area contributed by atoms with E-state index in [1.165, 1.54) is 7.11 Å². The number of rotatable bonds is 4. The lowest BCUT2D eigenvalue weighted by Crippen LogP contribution is -2.47. The van der Waals surface area contributed by atoms with E-state index in [4.69, 9.17) is 4.74 Å². The molecule has 0 radical (unpaired) electrons. The number of benzene rings is 1. The highest BCUT2D eigenvalue weighted by molar-refractivity contribution is 6.07. The summed E-state index contributed by atoms with van der Waals surface area (Å²) in [5.41, 5.74) is 2.79. The molecule has 0 aromatic heterocycles. The lowest BCUT2D eigenvalue weighted by atomic mass is 9.98. The molecule has 1 aromatic rings. The van der Waals surface area contributed by atoms with E-state index in [9.17, 15) is 14.9 Å². The van der Waals surface area contributed by atoms with Gasteiger partial charge in [0.15, 0.2) is 0 Å². The number of ether oxygens (including phenoxy) is 1. The largest absolute Gasteiger partial charge is 0.453 e. The molecule has 7 nitrogen and oxygen atoms in total. The van der Waals surface area contributed by atoms with Crippen LogP contribution in [0.5, 0.6) is 0 Å². The summed E-state index contributed by atoms with van der Waals surface area (Å²) in [4.78, 5) is 27.7. The van der Waals surface area contributed by atoms with Crippen LogP contribution < -0.4 is 5.32 Å². The molecule has 1 N–H and O–H groups in total. The van der Waals surface area contributed by atoms with Crippen LogP contribution in [-0.2, 0) is 9.53 Å². The van der Waals surface area contributed by atoms with Crippen molar-refractivity contribution in [1.82, 2.24) is 9.80 Å². The summed E-state index contributed by atoms with van der Waals surface area (Å²) in [7, 11) is 1.35. The van der Waals surface area contributed by atoms with Crippen molar-refractivity contribution in [2.75, 3.05) is 38.6 Å². The molecule has 0 atom stereocenters. The molecule has 0 aliphatic carbocycles. The van der Waals surface area contributed by atoms with Crippen molar-refractivity contribution in [3.63, 3.8) is 0 Å². The lowest BCUT2D eigenvalue weighted by molar-refractivity contribution is -0.112. The van der Waals surface area contributed by atoms with Gasteiger partial charge in [-0.05, 0) is 24.0 Å². The number of anilines is 1. The summed E-state index contributed by atoms with van der Waals surface area (Å²) in [6.45, 7) is 8.10. The van der Waals surface area contributed by atoms with Gasteiger partial charge in [-0.1, -0.05) is 32.0 Å². The standard InChI is InChI=1S/C20H26N4O3/c1-14(2)17-7-5-6-15(3)18(17)22-19(25)16(12-21)13-23-8-10-24(11-9-23)20(26)27-4/h5-7,13-14H,8-11H2,1-4H3,(H,22,25)/b16-13-. The van der Waals surface area contributed by atoms with Gasteiger partial charge in [0.05, 0.1) is 7.11 Å². The lowest BCUT2D eigenvalue weighted by Gasteiger charge is -2.33. The van der Waals surface area contributed by atoms with Crippen LogP contribution in [0, 0.1) is 18.3 Å². The van der Waals surface area contributed by atoms with Crippen LogP contribution in [-0.4, -0.2) is 55.1 Å². The topological polar surface area (TPSA) is 85.7 Å². The summed E-state index contributed by atoms with van der Waals surface area (Å²) in [5.74, 6) is -0.176. The first kappa shape index (κ1) is 20.3. The third-order valence-corrected chi connectivity index (χ3v) is 4.59. The Morgan fingerprint density at radius 3 is 2.48 bits per heavy atom. The molecular formula is C20H26N4O3. The SMILES string of the molecule is COC(=O)N1CCN(/C=C(/C#N)C(=O)Nc2c(C)cccc2C(C)C)CC1. The molecule has 1 saturated heterocycles. The summed E-state index contributed by atoms with van der Waals surface area (Å²) in [6.07, 6.45) is 1.20. The highest BCUT2D eigenvalue weighted by Gasteiger charge is 2.22. The third-order valence-electron chi connectivity index (χ3n) is 4.59. The Labute approximate surface area is 160 Å². The zero-order valence-electron chi connectivity index (χ0n) is 16.3. The summed E-state index contributed by atoms with van der Waals surface area (Å²) in [6, 6.07) is 7.86. The first-order valence-corrected chi connectivity index (χ1v) is 8.97. The van der Waals surface area contributed by atoms with Gasteiger partial charge in [0.25, 0.3) is 5.91 Å². The van der Waals surface area contributed by atoms with Crippen molar-refractivity contribution >= 4 is 17.7 Å². The molecule has 27 heavy (non-hydrogen) atoms. The Hall–Kier alpha value is -3.01. The van der Waals surface area contributed by atoms with Crippen LogP contribution in [0.2, 0.25) is 0 Å². The minimum Gasteiger partial charge on any atom is -0.453 e. The second-order valence-electron chi connectivity index (χ2n) is 6.80. The van der Waals surface area contributed by atoms with E-state index in [0.717, 1.165) is 16.8 Å². The molecular weight excluding hydrogens is 344 g/mol. The zero-order valence-corrected chi connectivity index (χ0v) is 16.3. The van der Waals surface area contributed by atoms with Crippen molar-refractivity contribution in [2.45, 2.75) is 26.7 Å². The molecule has 0 spiro atoms. The fourth-order valence-electron chi connectivity index (χ4n) is 3.01. The summed E-state index contributed by atoms with van der Waals surface area (Å²) in [5, 5.41) is 12.3. The molecule has 2 amide bonds. The number of nitriles is 1. The van der Waals surface area contributed by atoms with E-state index in [1.54, 1.807) is 11.1 Å². The fraction of sp³-hybridized carbons (Fsp3) is 0.450. The average molecular weight is 370 g/mol. The Bertz CT molecular complexity index is 772. The van der Waals surface area contributed by atoms with Crippen LogP contribution in [0.3, 0.4) is 0 Å². The molecule has 0 unspecified atom stereocenters. The number of amides is 2. The number of hydrogen-bond donors (Lipinski definition) is 1. The maximum Gasteiger partial charge on any atom is 0.409 e. The minimum absolute atomic E-state index is 0.0412. The van der Waals surface area contributed by atoms with Crippen molar-refractivity contribution in [3.8, 4) is 6.07 Å². The number of methoxy groups -OCH3 is 1. The maximum atomic E-state index is 12.7. The van der Waals surface area contributed by atoms with E-state index in [1.807, 2.05) is 36.1 Å². The molecule has 1 heterocycles. The quantitative estimate of drug-likeness (QED) is 0.651. The van der Waals surface area contributed by atoms with Gasteiger partial charge in [-0.25, -0.2) is 4.79 Å². The number of para-hydroxylation sites is 1. The van der Waals surface area contributed by atoms with Gasteiger partial charge in [0.2, 0.25) is 0 Å². The predicted molar refractivity (Wildman–Crippen MR) is 103 cm³/mol. The van der Waals surface area contributed by atoms with Crippen LogP contribution in [0.1, 0.15) is 30.9 Å². The number of nitrogens with zero attached hydrogens (tertiary/aromatic N) is 3. The van der Waals surface area contributed by atoms with Gasteiger partial charge in [-0.2, -0.15) is 5.26 Å². The van der Waals surface area contributed by atoms with E-state index in [0.29, 0.717) is 26.2 Å². The van der Waals surface area contributed by atoms with Crippen LogP contribution in [0.15, 0.2) is 30.0 Å². The molecule has 0 saturated carbocycles. The van der Waals surface area contributed by atoms with Gasteiger partial charge in [0, 0.05) is 38.1 Å². The van der Waals surface area contributed by atoms with Gasteiger partial charge in [0.1, 0.15) is 11.6 Å². The number of nitrogens with one attached hydrogen (secondary N) is 1. The number of carbonyl (C=O) groups excluding carboxylic acids is 2. The summed E-state index contributed by atoms with van der Waals surface area (Å²) < 4.78 is 4.71. The molecule has 0 bridgehead atoms. The first-order valence-electron chi connectivity index (χ1n) is 8.97. The van der Waals surface area contributed by atoms with Gasteiger partial charge < -0.3 is 19.9 Å². The molecule has 1 fully saturated rings. The number of aryl methyl sites for hydroxylation is 1. The molecule has 1 aromatic carbocycles. The Kier molecular flexibility index (Phi) is 6.83. The number of piperazine rings is 1. The van der Waals surface area contributed by atoms with E-state index in [2.05, 4.69) is 19.2 Å². The normalized spacial score (nSPS) is 14.7. The molecule has 1 aliphatic rings. The van der Waals surface area contributed by atoms with Crippen LogP contribution in [0.25, 0.3) is 0 Å². The van der Waals surface area contributed by atoms with Crippen molar-refractivity contribution in [2.24, 2.45) is 0 Å². The average Bonchev–Trinajstić information content (AvgIpc) is 2.67. The molecule has 144 valence electrons. The number of carbonyl (C=O) groups is 2. The van der Waals surface area contributed by atoms with Crippen molar-refractivity contribution in [3.05, 3.63) is 41.1 Å². The second-order valence-corrected chi connectivity index (χ2v) is 6.80. The monoisotopic (exact) mass is 370 g/mol. The molecule has 2 rings (SSSR count). The van der Waals surface area contributed by atoms with Crippen molar-refractivity contribution < 1.29 is 14.3 Å². The second kappa shape index (κ2) is 9.08. The highest BCUT2D eigenvalue weighted by atomic mass is 16.5. The Morgan fingerprint density at radius 1 is 1.26 bits per heavy atom. The maximum absolute atomic E-state index is 12.7. The summed E-state index contributed by atoms with van der Waals surface area (Å²) >= 11 is 0. The van der Waals surface area contributed by atoms with E-state index in [-0.39, 0.29) is 17.6 Å². The molecule has 7 heteroatoms. The molecule has 1 aliphatic heterocycles. The predicted octanol–water partition coefficient (Wildman–Crippen LogP) is 2.85. The fourth-order valence-corrected chi connectivity index (χ4v) is 3.01. The van der Waals surface area contributed by atoms with Gasteiger partial charge >= 0.3 is 6.09 Å². The first-order chi connectivity index (χ1) is 12.9. The van der Waals surface area contributed by atoms with E-state index < -0.39 is 5.91 Å². The van der Waals surface area contributed by atoms with Crippen LogP contribution in [0.4, 0.5) is 10.5 Å². The van der Waals surface area contributed by atoms with Crippen molar-refractivity contribution in [1.29, 1.82) is 5.26 Å². The number of hydrogen-bond acceptors (Lipinski definition) is 5. The van der Waals surface area contributed by atoms with Gasteiger partial charge in [-0.15, -0.1) is 0 Å². The Balaban J connectivity index is 2.11. The zero-order chi connectivity index (χ0) is 20.0. The van der Waals surface area contributed by atoms with E-state index >= 15 is 0 Å². The third kappa shape index (κ3) is 5.00. The van der Waals surface area contributed by atoms with Crippen LogP contribution >= 0.6 is 0 Å². The minimum atomic E-state index is -0.427. The smallest absolute Gasteiger partial charge is 0.409 e. The van der Waals surface area contributed by atoms with Gasteiger partial charge in [-0.3, -0.25) is 4.79 Å². The highest BCUT2D eigenvalue weighted by Crippen LogP contribution is 2.27.